The molecule has 0 radical (unpaired) electrons. The van der Waals surface area contributed by atoms with Gasteiger partial charge >= 0.3 is 18.0 Å². The van der Waals surface area contributed by atoms with Crippen molar-refractivity contribution < 1.29 is 106 Å². The van der Waals surface area contributed by atoms with Crippen LogP contribution in [0.25, 0.3) is 0 Å². The number of nitrogens with zero attached hydrogens (tertiary/aromatic N) is 1. The highest BCUT2D eigenvalue weighted by Crippen LogP contribution is 2.12. The number of aliphatic carboxylic acids is 2. The number of nitrogens with two attached hydrogens (primary N) is 2. The normalized spacial score (nSPS) is 12.4. The second-order valence-electron chi connectivity index (χ2n) is 19.1. The predicted octanol–water partition coefficient (Wildman–Crippen LogP) is -1.13. The Bertz CT molecular complexity index is 1880. The molecule has 0 unspecified atom stereocenters. The van der Waals surface area contributed by atoms with Crippen LogP contribution in [0.15, 0.2) is 24.3 Å². The summed E-state index contributed by atoms with van der Waals surface area (Å²) < 4.78 is 65.6. The molecule has 0 heterocycles. The Labute approximate surface area is 498 Å². The van der Waals surface area contributed by atoms with Gasteiger partial charge in [-0.25, -0.2) is 4.79 Å². The van der Waals surface area contributed by atoms with Crippen molar-refractivity contribution in [1.29, 1.82) is 0 Å². The summed E-state index contributed by atoms with van der Waals surface area (Å²) in [5.74, 6) is -4.35. The molecule has 1 rings (SSSR count). The van der Waals surface area contributed by atoms with Gasteiger partial charge < -0.3 is 110 Å². The van der Waals surface area contributed by atoms with Crippen LogP contribution >= 0.6 is 0 Å². The minimum absolute atomic E-state index is 0.159. The molecule has 0 aromatic heterocycles. The number of benzene rings is 1. The van der Waals surface area contributed by atoms with Crippen molar-refractivity contribution in [2.75, 3.05) is 197 Å². The quantitative estimate of drug-likeness (QED) is 0.0345. The fourth-order valence-electron chi connectivity index (χ4n) is 7.18. The molecule has 85 heavy (non-hydrogen) atoms. The smallest absolute Gasteiger partial charge is 0.317 e. The Balaban J connectivity index is 1.92. The number of rotatable bonds is 60. The van der Waals surface area contributed by atoms with Crippen LogP contribution < -0.4 is 38.1 Å². The number of urea groups is 1. The van der Waals surface area contributed by atoms with Gasteiger partial charge in [-0.15, -0.1) is 0 Å². The lowest BCUT2D eigenvalue weighted by atomic mass is 10.0. The molecule has 6 amide bonds. The highest BCUT2D eigenvalue weighted by atomic mass is 16.6. The third-order valence-electron chi connectivity index (χ3n) is 11.7. The molecule has 30 nitrogen and oxygen atoms in total. The van der Waals surface area contributed by atoms with Gasteiger partial charge in [0.25, 0.3) is 0 Å². The van der Waals surface area contributed by atoms with Gasteiger partial charge in [-0.05, 0) is 55.7 Å². The molecule has 0 aliphatic rings. The number of hydrogen-bond acceptors (Lipinski definition) is 22. The van der Waals surface area contributed by atoms with Crippen LogP contribution in [0, 0.1) is 5.92 Å². The first-order valence-electron chi connectivity index (χ1n) is 28.9. The van der Waals surface area contributed by atoms with E-state index in [0.717, 1.165) is 0 Å². The number of aliphatic hydroxyl groups excluding tert-OH is 1. The molecule has 12 N–H and O–H groups in total. The van der Waals surface area contributed by atoms with Crippen molar-refractivity contribution in [1.82, 2.24) is 26.2 Å². The number of amides is 6. The van der Waals surface area contributed by atoms with Gasteiger partial charge in [0.2, 0.25) is 23.6 Å². The highest BCUT2D eigenvalue weighted by Gasteiger charge is 2.30. The molecule has 1 aromatic rings. The maximum atomic E-state index is 13.5. The Morgan fingerprint density at radius 1 is 0.494 bits per heavy atom. The minimum Gasteiger partial charge on any atom is -0.480 e. The molecular formula is C55H98N8O22. The summed E-state index contributed by atoms with van der Waals surface area (Å²) in [6.45, 7) is 12.6. The monoisotopic (exact) mass is 1220 g/mol. The number of aliphatic hydroxyl groups is 1. The average molecular weight is 1220 g/mol. The molecule has 0 bridgehead atoms. The summed E-state index contributed by atoms with van der Waals surface area (Å²) in [5.41, 5.74) is 12.4. The van der Waals surface area contributed by atoms with Crippen LogP contribution in [-0.2, 0) is 92.2 Å². The Morgan fingerprint density at radius 3 is 1.28 bits per heavy atom. The van der Waals surface area contributed by atoms with E-state index >= 15 is 0 Å². The Hall–Kier alpha value is -5.29. The van der Waals surface area contributed by atoms with Crippen LogP contribution in [-0.4, -0.2) is 271 Å². The number of ether oxygens (including phenoxy) is 12. The molecule has 490 valence electrons. The number of unbranched alkanes of at least 4 members (excludes halogenated alkanes) is 1. The number of hydrogen-bond donors (Lipinski definition) is 10. The molecule has 0 aliphatic carbocycles. The van der Waals surface area contributed by atoms with Crippen molar-refractivity contribution in [2.45, 2.75) is 77.1 Å². The Morgan fingerprint density at radius 2 is 0.894 bits per heavy atom. The van der Waals surface area contributed by atoms with Gasteiger partial charge in [-0.1, -0.05) is 26.0 Å². The SMILES string of the molecule is CC(C)[C@H](NC(=O)[C@@H](N)CCCCNC(=O)CCOCCOCCOCCOCCOCCOCCOCCOCCOCCOCCOCCOCCN(CC(=O)O)CC(=O)O)C(=O)N[C@@H](CCCNC(N)=O)C(=O)Nc1ccc(CO)cc1. The summed E-state index contributed by atoms with van der Waals surface area (Å²) in [5, 5.41) is 40.5. The topological polar surface area (TPSA) is 406 Å². The van der Waals surface area contributed by atoms with E-state index in [0.29, 0.717) is 189 Å². The van der Waals surface area contributed by atoms with Gasteiger partial charge in [-0.2, -0.15) is 0 Å². The molecule has 0 spiro atoms. The molecule has 0 aliphatic heterocycles. The molecule has 0 saturated heterocycles. The average Bonchev–Trinajstić information content (AvgIpc) is 3.61. The van der Waals surface area contributed by atoms with Crippen LogP contribution in [0.4, 0.5) is 10.5 Å². The van der Waals surface area contributed by atoms with E-state index in [4.69, 9.17) is 78.5 Å². The van der Waals surface area contributed by atoms with Crippen molar-refractivity contribution >= 4 is 47.3 Å². The summed E-state index contributed by atoms with van der Waals surface area (Å²) in [6, 6.07) is 2.90. The summed E-state index contributed by atoms with van der Waals surface area (Å²) in [7, 11) is 0. The zero-order valence-electron chi connectivity index (χ0n) is 49.8. The molecule has 1 aromatic carbocycles. The number of carbonyl (C=O) groups excluding carboxylic acids is 5. The third kappa shape index (κ3) is 47.5. The second kappa shape index (κ2) is 54.1. The van der Waals surface area contributed by atoms with Gasteiger partial charge in [0.15, 0.2) is 0 Å². The maximum absolute atomic E-state index is 13.5. The second-order valence-corrected chi connectivity index (χ2v) is 19.1. The van der Waals surface area contributed by atoms with Crippen molar-refractivity contribution in [3.05, 3.63) is 29.8 Å². The first-order valence-corrected chi connectivity index (χ1v) is 28.9. The standard InChI is InChI=1S/C55H98N8O22/c1-43(2)51(54(72)61-47(7-5-14-59-55(57)73)53(71)60-45-10-8-44(42-64)9-11-45)62-52(70)46(56)6-3-4-13-58-48(65)12-16-74-18-20-76-22-24-78-26-28-80-30-32-82-34-36-84-38-39-85-37-35-83-33-31-81-29-27-79-25-23-77-21-19-75-17-15-63(40-49(66)67)41-50(68)69/h8-11,43,46-47,51,64H,3-7,12-42,56H2,1-2H3,(H,58,65)(H,60,71)(H,61,72)(H,62,70)(H,66,67)(H,68,69)(H3,57,59,73)/t46-,47-,51-/m0/s1. The van der Waals surface area contributed by atoms with E-state index in [1.165, 1.54) is 4.90 Å². The lowest BCUT2D eigenvalue weighted by Crippen LogP contribution is -2.56. The first-order chi connectivity index (χ1) is 41.1. The van der Waals surface area contributed by atoms with Crippen LogP contribution in [0.3, 0.4) is 0 Å². The number of carboxylic acid groups (broad SMARTS) is 2. The van der Waals surface area contributed by atoms with Crippen LogP contribution in [0.2, 0.25) is 0 Å². The zero-order chi connectivity index (χ0) is 62.4. The fraction of sp³-hybridized carbons (Fsp3) is 0.764. The van der Waals surface area contributed by atoms with E-state index in [9.17, 15) is 38.7 Å². The number of primary amides is 1. The number of carboxylic acids is 2. The van der Waals surface area contributed by atoms with Crippen molar-refractivity contribution in [3.8, 4) is 0 Å². The lowest BCUT2D eigenvalue weighted by Gasteiger charge is -2.26. The predicted molar refractivity (Wildman–Crippen MR) is 308 cm³/mol. The largest absolute Gasteiger partial charge is 0.480 e. The van der Waals surface area contributed by atoms with Gasteiger partial charge in [0.1, 0.15) is 12.1 Å². The number of carbonyl (C=O) groups is 7. The number of nitrogens with one attached hydrogen (secondary N) is 5. The molecule has 0 fully saturated rings. The first kappa shape index (κ1) is 77.7. The third-order valence-corrected chi connectivity index (χ3v) is 11.7. The van der Waals surface area contributed by atoms with E-state index in [1.807, 2.05) is 0 Å². The molecule has 0 saturated carbocycles. The summed E-state index contributed by atoms with van der Waals surface area (Å²) in [4.78, 5) is 86.1. The highest BCUT2D eigenvalue weighted by molar-refractivity contribution is 5.98. The zero-order valence-corrected chi connectivity index (χ0v) is 49.8. The summed E-state index contributed by atoms with van der Waals surface area (Å²) in [6.07, 6.45) is 2.07. The van der Waals surface area contributed by atoms with Crippen LogP contribution in [0.1, 0.15) is 57.9 Å². The fourth-order valence-corrected chi connectivity index (χ4v) is 7.18. The van der Waals surface area contributed by atoms with E-state index in [1.54, 1.807) is 38.1 Å². The van der Waals surface area contributed by atoms with E-state index < -0.39 is 53.8 Å². The minimum atomic E-state index is -1.10. The van der Waals surface area contributed by atoms with Crippen molar-refractivity contribution in [2.24, 2.45) is 17.4 Å². The van der Waals surface area contributed by atoms with Gasteiger partial charge in [0.05, 0.1) is 184 Å². The van der Waals surface area contributed by atoms with Crippen molar-refractivity contribution in [3.63, 3.8) is 0 Å². The Kier molecular flexibility index (Phi) is 49.5. The maximum Gasteiger partial charge on any atom is 0.317 e. The van der Waals surface area contributed by atoms with Crippen LogP contribution in [0.5, 0.6) is 0 Å². The van der Waals surface area contributed by atoms with E-state index in [2.05, 4.69) is 26.6 Å². The van der Waals surface area contributed by atoms with Gasteiger partial charge in [-0.3, -0.25) is 33.7 Å². The molecular weight excluding hydrogens is 1120 g/mol. The molecule has 3 atom stereocenters. The molecule has 30 heteroatoms. The number of anilines is 1. The van der Waals surface area contributed by atoms with E-state index in [-0.39, 0.29) is 70.7 Å². The lowest BCUT2D eigenvalue weighted by molar-refractivity contribution is -0.142. The summed E-state index contributed by atoms with van der Waals surface area (Å²) >= 11 is 0. The van der Waals surface area contributed by atoms with Gasteiger partial charge in [0, 0.05) is 31.7 Å².